The van der Waals surface area contributed by atoms with E-state index in [1.165, 1.54) is 30.6 Å². The van der Waals surface area contributed by atoms with E-state index in [-0.39, 0.29) is 0 Å². The van der Waals surface area contributed by atoms with Gasteiger partial charge in [0.05, 0.1) is 4.34 Å². The smallest absolute Gasteiger partial charge is 0.102 e. The van der Waals surface area contributed by atoms with Crippen molar-refractivity contribution in [1.29, 1.82) is 0 Å². The van der Waals surface area contributed by atoms with Gasteiger partial charge in [0.15, 0.2) is 0 Å². The van der Waals surface area contributed by atoms with Crippen LogP contribution in [0.2, 0.25) is 8.67 Å². The van der Waals surface area contributed by atoms with Crippen molar-refractivity contribution >= 4 is 40.6 Å². The summed E-state index contributed by atoms with van der Waals surface area (Å²) in [6.07, 6.45) is 8.10. The fourth-order valence-electron chi connectivity index (χ4n) is 2.24. The molecule has 0 aliphatic carbocycles. The summed E-state index contributed by atoms with van der Waals surface area (Å²) < 4.78 is 1.52. The second kappa shape index (κ2) is 6.24. The number of halogens is 2. The molecule has 2 atom stereocenters. The normalized spacial score (nSPS) is 25.6. The van der Waals surface area contributed by atoms with Gasteiger partial charge in [0.25, 0.3) is 0 Å². The number of hydrogen-bond donors (Lipinski definition) is 1. The van der Waals surface area contributed by atoms with Gasteiger partial charge in [0, 0.05) is 11.6 Å². The van der Waals surface area contributed by atoms with Crippen molar-refractivity contribution in [2.24, 2.45) is 5.92 Å². The average Bonchev–Trinajstić information content (AvgIpc) is 2.65. The van der Waals surface area contributed by atoms with E-state index in [0.29, 0.717) is 6.04 Å². The lowest BCUT2D eigenvalue weighted by Gasteiger charge is -2.27. The third-order valence-corrected chi connectivity index (χ3v) is 4.83. The SMILES string of the molecule is CCC1CCNC(/C=C/c2cc(Cl)sc2Cl)C1. The van der Waals surface area contributed by atoms with E-state index in [1.54, 1.807) is 0 Å². The third-order valence-electron chi connectivity index (χ3n) is 3.31. The summed E-state index contributed by atoms with van der Waals surface area (Å²) in [5.74, 6) is 0.854. The summed E-state index contributed by atoms with van der Waals surface area (Å²) in [5, 5.41) is 3.52. The highest BCUT2D eigenvalue weighted by Gasteiger charge is 2.17. The van der Waals surface area contributed by atoms with Crippen LogP contribution in [-0.2, 0) is 0 Å². The van der Waals surface area contributed by atoms with Gasteiger partial charge in [-0.25, -0.2) is 0 Å². The van der Waals surface area contributed by atoms with Gasteiger partial charge in [-0.1, -0.05) is 48.7 Å². The Balaban J connectivity index is 1.98. The van der Waals surface area contributed by atoms with Gasteiger partial charge in [-0.15, -0.1) is 11.3 Å². The first-order valence-corrected chi connectivity index (χ1v) is 7.62. The van der Waals surface area contributed by atoms with Crippen molar-refractivity contribution in [3.05, 3.63) is 26.4 Å². The van der Waals surface area contributed by atoms with Crippen molar-refractivity contribution in [1.82, 2.24) is 5.32 Å². The van der Waals surface area contributed by atoms with Crippen molar-refractivity contribution in [3.8, 4) is 0 Å². The van der Waals surface area contributed by atoms with E-state index < -0.39 is 0 Å². The zero-order valence-corrected chi connectivity index (χ0v) is 12.2. The molecule has 0 amide bonds. The summed E-state index contributed by atoms with van der Waals surface area (Å²) in [6.45, 7) is 3.39. The molecular weight excluding hydrogens is 273 g/mol. The summed E-state index contributed by atoms with van der Waals surface area (Å²) in [4.78, 5) is 0. The van der Waals surface area contributed by atoms with Crippen molar-refractivity contribution in [3.63, 3.8) is 0 Å². The fourth-order valence-corrected chi connectivity index (χ4v) is 3.67. The van der Waals surface area contributed by atoms with Crippen LogP contribution in [0.4, 0.5) is 0 Å². The molecule has 94 valence electrons. The molecule has 1 aromatic rings. The van der Waals surface area contributed by atoms with Crippen LogP contribution in [0.3, 0.4) is 0 Å². The Morgan fingerprint density at radius 1 is 1.53 bits per heavy atom. The molecule has 0 bridgehead atoms. The standard InChI is InChI=1S/C13H17Cl2NS/c1-2-9-5-6-16-11(7-9)4-3-10-8-12(14)17-13(10)15/h3-4,8-9,11,16H,2,5-7H2,1H3/b4-3+. The summed E-state index contributed by atoms with van der Waals surface area (Å²) in [7, 11) is 0. The molecule has 1 fully saturated rings. The maximum atomic E-state index is 6.08. The second-order valence-electron chi connectivity index (χ2n) is 4.50. The van der Waals surface area contributed by atoms with Crippen LogP contribution in [0.1, 0.15) is 31.7 Å². The van der Waals surface area contributed by atoms with Gasteiger partial charge in [0.2, 0.25) is 0 Å². The van der Waals surface area contributed by atoms with Gasteiger partial charge >= 0.3 is 0 Å². The minimum absolute atomic E-state index is 0.475. The molecule has 2 heterocycles. The van der Waals surface area contributed by atoms with E-state index in [9.17, 15) is 0 Å². The molecule has 1 N–H and O–H groups in total. The Kier molecular flexibility index (Phi) is 4.92. The molecule has 17 heavy (non-hydrogen) atoms. The van der Waals surface area contributed by atoms with Crippen molar-refractivity contribution in [2.45, 2.75) is 32.2 Å². The van der Waals surface area contributed by atoms with Crippen LogP contribution < -0.4 is 5.32 Å². The molecule has 2 unspecified atom stereocenters. The Labute approximate surface area is 117 Å². The highest BCUT2D eigenvalue weighted by Crippen LogP contribution is 2.32. The summed E-state index contributed by atoms with van der Waals surface area (Å²) in [5.41, 5.74) is 1.03. The third kappa shape index (κ3) is 3.72. The van der Waals surface area contributed by atoms with Gasteiger partial charge in [0.1, 0.15) is 4.34 Å². The number of thiophene rings is 1. The van der Waals surface area contributed by atoms with Gasteiger partial charge < -0.3 is 5.32 Å². The van der Waals surface area contributed by atoms with Gasteiger partial charge in [-0.2, -0.15) is 0 Å². The second-order valence-corrected chi connectivity index (χ2v) is 6.78. The van der Waals surface area contributed by atoms with Crippen molar-refractivity contribution in [2.75, 3.05) is 6.54 Å². The van der Waals surface area contributed by atoms with E-state index in [2.05, 4.69) is 24.4 Å². The number of nitrogens with one attached hydrogen (secondary N) is 1. The topological polar surface area (TPSA) is 12.0 Å². The van der Waals surface area contributed by atoms with E-state index in [0.717, 1.165) is 26.7 Å². The van der Waals surface area contributed by atoms with Crippen LogP contribution in [-0.4, -0.2) is 12.6 Å². The zero-order chi connectivity index (χ0) is 12.3. The molecule has 4 heteroatoms. The molecule has 1 nitrogen and oxygen atoms in total. The lowest BCUT2D eigenvalue weighted by molar-refractivity contribution is 0.326. The van der Waals surface area contributed by atoms with Crippen LogP contribution in [0, 0.1) is 5.92 Å². The van der Waals surface area contributed by atoms with Crippen LogP contribution in [0.25, 0.3) is 6.08 Å². The molecule has 0 spiro atoms. The zero-order valence-electron chi connectivity index (χ0n) is 9.88. The van der Waals surface area contributed by atoms with E-state index in [1.807, 2.05) is 6.07 Å². The molecule has 0 saturated carbocycles. The monoisotopic (exact) mass is 289 g/mol. The first kappa shape index (κ1) is 13.4. The Hall–Kier alpha value is -0.0200. The molecule has 1 aliphatic rings. The predicted octanol–water partition coefficient (Wildman–Crippen LogP) is 4.85. The molecule has 1 aromatic heterocycles. The molecule has 1 saturated heterocycles. The van der Waals surface area contributed by atoms with Crippen molar-refractivity contribution < 1.29 is 0 Å². The van der Waals surface area contributed by atoms with E-state index >= 15 is 0 Å². The van der Waals surface area contributed by atoms with Crippen LogP contribution in [0.5, 0.6) is 0 Å². The Bertz CT molecular complexity index is 400. The maximum absolute atomic E-state index is 6.08. The van der Waals surface area contributed by atoms with Crippen LogP contribution >= 0.6 is 34.5 Å². The quantitative estimate of drug-likeness (QED) is 0.839. The Morgan fingerprint density at radius 3 is 3.00 bits per heavy atom. The fraction of sp³-hybridized carbons (Fsp3) is 0.538. The van der Waals surface area contributed by atoms with Crippen LogP contribution in [0.15, 0.2) is 12.1 Å². The highest BCUT2D eigenvalue weighted by atomic mass is 35.5. The summed E-state index contributed by atoms with van der Waals surface area (Å²) >= 11 is 13.4. The average molecular weight is 290 g/mol. The molecule has 0 aromatic carbocycles. The van der Waals surface area contributed by atoms with E-state index in [4.69, 9.17) is 23.2 Å². The largest absolute Gasteiger partial charge is 0.310 e. The first-order chi connectivity index (χ1) is 8.19. The lowest BCUT2D eigenvalue weighted by atomic mass is 9.90. The molecule has 2 rings (SSSR count). The highest BCUT2D eigenvalue weighted by molar-refractivity contribution is 7.20. The number of rotatable bonds is 3. The Morgan fingerprint density at radius 2 is 2.35 bits per heavy atom. The predicted molar refractivity (Wildman–Crippen MR) is 78.2 cm³/mol. The minimum atomic E-state index is 0.475. The lowest BCUT2D eigenvalue weighted by Crippen LogP contribution is -2.36. The number of hydrogen-bond acceptors (Lipinski definition) is 2. The first-order valence-electron chi connectivity index (χ1n) is 6.05. The summed E-state index contributed by atoms with van der Waals surface area (Å²) in [6, 6.07) is 2.40. The number of piperidine rings is 1. The maximum Gasteiger partial charge on any atom is 0.102 e. The molecular formula is C13H17Cl2NS. The van der Waals surface area contributed by atoms with Gasteiger partial charge in [-0.05, 0) is 31.4 Å². The molecule has 1 aliphatic heterocycles. The minimum Gasteiger partial charge on any atom is -0.310 e. The molecule has 0 radical (unpaired) electrons. The van der Waals surface area contributed by atoms with Gasteiger partial charge in [-0.3, -0.25) is 0 Å².